The van der Waals surface area contributed by atoms with Crippen LogP contribution in [0.5, 0.6) is 0 Å². The van der Waals surface area contributed by atoms with Gasteiger partial charge in [-0.05, 0) is 31.6 Å². The third-order valence-corrected chi connectivity index (χ3v) is 4.24. The summed E-state index contributed by atoms with van der Waals surface area (Å²) in [5, 5.41) is 8.38. The predicted octanol–water partition coefficient (Wildman–Crippen LogP) is 3.66. The van der Waals surface area contributed by atoms with Crippen LogP contribution in [0.25, 0.3) is 0 Å². The summed E-state index contributed by atoms with van der Waals surface area (Å²) >= 11 is 0. The highest BCUT2D eigenvalue weighted by molar-refractivity contribution is 5.84. The maximum absolute atomic E-state index is 8.38. The van der Waals surface area contributed by atoms with Crippen LogP contribution in [0.4, 0.5) is 0 Å². The van der Waals surface area contributed by atoms with E-state index in [1.54, 1.807) is 0 Å². The third-order valence-electron chi connectivity index (χ3n) is 4.24. The van der Waals surface area contributed by atoms with E-state index in [0.29, 0.717) is 6.04 Å². The molecule has 1 aliphatic heterocycles. The number of likely N-dealkylation sites (tertiary alicyclic amines) is 1. The first-order valence-electron chi connectivity index (χ1n) is 6.86. The van der Waals surface area contributed by atoms with Crippen LogP contribution in [0.2, 0.25) is 0 Å². The maximum Gasteiger partial charge on any atom is 0.102 e. The molecule has 1 heterocycles. The van der Waals surface area contributed by atoms with Gasteiger partial charge in [-0.15, -0.1) is 0 Å². The minimum Gasteiger partial charge on any atom is -0.357 e. The summed E-state index contributed by atoms with van der Waals surface area (Å²) in [5.41, 5.74) is 0.0132. The molecule has 1 N–H and O–H groups in total. The van der Waals surface area contributed by atoms with Crippen LogP contribution < -0.4 is 0 Å². The van der Waals surface area contributed by atoms with Crippen LogP contribution in [0, 0.1) is 16.7 Å². The molecule has 0 aromatic rings. The Kier molecular flexibility index (Phi) is 3.27. The molecule has 0 radical (unpaired) electrons. The Morgan fingerprint density at radius 3 is 2.38 bits per heavy atom. The summed E-state index contributed by atoms with van der Waals surface area (Å²) in [6.45, 7) is 7.63. The second-order valence-electron chi connectivity index (χ2n) is 6.55. The molecular weight excluding hydrogens is 196 g/mol. The zero-order valence-electron chi connectivity index (χ0n) is 11.1. The van der Waals surface area contributed by atoms with Gasteiger partial charge in [-0.3, -0.25) is 5.41 Å². The van der Waals surface area contributed by atoms with E-state index in [1.807, 2.05) is 0 Å². The molecular formula is C14H26N2. The molecule has 0 aromatic carbocycles. The van der Waals surface area contributed by atoms with E-state index in [0.717, 1.165) is 18.3 Å². The van der Waals surface area contributed by atoms with Gasteiger partial charge in [-0.25, -0.2) is 0 Å². The predicted molar refractivity (Wildman–Crippen MR) is 68.9 cm³/mol. The van der Waals surface area contributed by atoms with E-state index in [4.69, 9.17) is 5.41 Å². The Balaban J connectivity index is 2.11. The maximum atomic E-state index is 8.38. The van der Waals surface area contributed by atoms with E-state index in [-0.39, 0.29) is 5.41 Å². The first-order chi connectivity index (χ1) is 7.50. The Hall–Kier alpha value is -0.530. The number of nitrogens with zero attached hydrogens (tertiary/aromatic N) is 1. The molecule has 2 unspecified atom stereocenters. The molecule has 0 amide bonds. The summed E-state index contributed by atoms with van der Waals surface area (Å²) in [5.74, 6) is 1.74. The van der Waals surface area contributed by atoms with Gasteiger partial charge < -0.3 is 4.90 Å². The number of amidine groups is 1. The second-order valence-corrected chi connectivity index (χ2v) is 6.55. The lowest BCUT2D eigenvalue weighted by Crippen LogP contribution is -2.52. The molecule has 1 saturated carbocycles. The van der Waals surface area contributed by atoms with Crippen molar-refractivity contribution in [2.75, 3.05) is 6.54 Å². The number of rotatable bonds is 0. The lowest BCUT2D eigenvalue weighted by molar-refractivity contribution is 0.110. The van der Waals surface area contributed by atoms with Crippen molar-refractivity contribution in [2.45, 2.75) is 65.3 Å². The standard InChI is InChI=1S/C14H26N2/c1-14(2,3)13(15)16-10-6-8-11-7-4-5-9-12(11)16/h11-12,15H,4-10H2,1-3H3. The molecule has 2 atom stereocenters. The van der Waals surface area contributed by atoms with E-state index < -0.39 is 0 Å². The van der Waals surface area contributed by atoms with Crippen molar-refractivity contribution in [1.82, 2.24) is 4.90 Å². The number of piperidine rings is 1. The third kappa shape index (κ3) is 2.26. The molecule has 2 rings (SSSR count). The van der Waals surface area contributed by atoms with Crippen molar-refractivity contribution in [3.63, 3.8) is 0 Å². The van der Waals surface area contributed by atoms with Gasteiger partial charge in [-0.2, -0.15) is 0 Å². The molecule has 1 aliphatic carbocycles. The van der Waals surface area contributed by atoms with Gasteiger partial charge in [-0.1, -0.05) is 33.6 Å². The van der Waals surface area contributed by atoms with Gasteiger partial charge in [0.1, 0.15) is 5.84 Å². The molecule has 2 fully saturated rings. The van der Waals surface area contributed by atoms with Crippen molar-refractivity contribution >= 4 is 5.84 Å². The van der Waals surface area contributed by atoms with Crippen molar-refractivity contribution in [2.24, 2.45) is 11.3 Å². The first kappa shape index (κ1) is 11.9. The van der Waals surface area contributed by atoms with Gasteiger partial charge >= 0.3 is 0 Å². The first-order valence-corrected chi connectivity index (χ1v) is 6.86. The van der Waals surface area contributed by atoms with Crippen LogP contribution in [0.3, 0.4) is 0 Å². The molecule has 92 valence electrons. The van der Waals surface area contributed by atoms with Gasteiger partial charge in [0.15, 0.2) is 0 Å². The Labute approximate surface area is 99.9 Å². The molecule has 0 spiro atoms. The number of hydrogen-bond acceptors (Lipinski definition) is 1. The zero-order valence-corrected chi connectivity index (χ0v) is 11.1. The summed E-state index contributed by atoms with van der Waals surface area (Å²) in [6, 6.07) is 0.689. The second kappa shape index (κ2) is 4.38. The van der Waals surface area contributed by atoms with Gasteiger partial charge in [0.2, 0.25) is 0 Å². The summed E-state index contributed by atoms with van der Waals surface area (Å²) in [6.07, 6.45) is 8.20. The molecule has 0 bridgehead atoms. The fourth-order valence-electron chi connectivity index (χ4n) is 3.33. The number of fused-ring (bicyclic) bond motifs is 1. The van der Waals surface area contributed by atoms with Gasteiger partial charge in [0.25, 0.3) is 0 Å². The van der Waals surface area contributed by atoms with Crippen molar-refractivity contribution in [3.05, 3.63) is 0 Å². The van der Waals surface area contributed by atoms with E-state index in [9.17, 15) is 0 Å². The van der Waals surface area contributed by atoms with E-state index in [1.165, 1.54) is 38.5 Å². The average molecular weight is 222 g/mol. The molecule has 0 aromatic heterocycles. The van der Waals surface area contributed by atoms with E-state index >= 15 is 0 Å². The summed E-state index contributed by atoms with van der Waals surface area (Å²) < 4.78 is 0. The normalized spacial score (nSPS) is 31.1. The van der Waals surface area contributed by atoms with Crippen molar-refractivity contribution < 1.29 is 0 Å². The van der Waals surface area contributed by atoms with Crippen LogP contribution >= 0.6 is 0 Å². The SMILES string of the molecule is CC(C)(C)C(=N)N1CCCC2CCCCC21. The van der Waals surface area contributed by atoms with Gasteiger partial charge in [0, 0.05) is 18.0 Å². The summed E-state index contributed by atoms with van der Waals surface area (Å²) in [7, 11) is 0. The Bertz CT molecular complexity index is 262. The minimum absolute atomic E-state index is 0.0132. The summed E-state index contributed by atoms with van der Waals surface area (Å²) in [4.78, 5) is 2.42. The monoisotopic (exact) mass is 222 g/mol. The fourth-order valence-corrected chi connectivity index (χ4v) is 3.33. The highest BCUT2D eigenvalue weighted by atomic mass is 15.2. The van der Waals surface area contributed by atoms with E-state index in [2.05, 4.69) is 25.7 Å². The lowest BCUT2D eigenvalue weighted by Gasteiger charge is -2.47. The fraction of sp³-hybridized carbons (Fsp3) is 0.929. The zero-order chi connectivity index (χ0) is 11.8. The van der Waals surface area contributed by atoms with Crippen molar-refractivity contribution in [3.8, 4) is 0 Å². The van der Waals surface area contributed by atoms with Crippen molar-refractivity contribution in [1.29, 1.82) is 5.41 Å². The largest absolute Gasteiger partial charge is 0.357 e. The molecule has 1 saturated heterocycles. The molecule has 2 aliphatic rings. The minimum atomic E-state index is 0.0132. The number of nitrogens with one attached hydrogen (secondary N) is 1. The number of hydrogen-bond donors (Lipinski definition) is 1. The Morgan fingerprint density at radius 1 is 1.06 bits per heavy atom. The van der Waals surface area contributed by atoms with Gasteiger partial charge in [0.05, 0.1) is 0 Å². The molecule has 2 heteroatoms. The topological polar surface area (TPSA) is 27.1 Å². The quantitative estimate of drug-likeness (QED) is 0.491. The van der Waals surface area contributed by atoms with Crippen LogP contribution in [-0.2, 0) is 0 Å². The lowest BCUT2D eigenvalue weighted by atomic mass is 9.77. The highest BCUT2D eigenvalue weighted by Gasteiger charge is 2.36. The molecule has 16 heavy (non-hydrogen) atoms. The highest BCUT2D eigenvalue weighted by Crippen LogP contribution is 2.37. The Morgan fingerprint density at radius 2 is 1.69 bits per heavy atom. The molecule has 2 nitrogen and oxygen atoms in total. The smallest absolute Gasteiger partial charge is 0.102 e. The van der Waals surface area contributed by atoms with Crippen LogP contribution in [-0.4, -0.2) is 23.3 Å². The average Bonchev–Trinajstić information content (AvgIpc) is 2.26. The van der Waals surface area contributed by atoms with Crippen LogP contribution in [0.15, 0.2) is 0 Å². The van der Waals surface area contributed by atoms with Crippen LogP contribution in [0.1, 0.15) is 59.3 Å².